The quantitative estimate of drug-likeness (QED) is 0.154. The average molecular weight is 842 g/mol. The molecule has 2 aromatic rings. The van der Waals surface area contributed by atoms with Crippen molar-refractivity contribution in [3.8, 4) is 12.1 Å². The summed E-state index contributed by atoms with van der Waals surface area (Å²) in [6, 6.07) is 15.0. The van der Waals surface area contributed by atoms with E-state index in [0.717, 1.165) is 18.8 Å². The zero-order valence-electron chi connectivity index (χ0n) is 35.8. The molecule has 0 amide bonds. The Labute approximate surface area is 368 Å². The van der Waals surface area contributed by atoms with Crippen LogP contribution >= 0.6 is 0 Å². The van der Waals surface area contributed by atoms with Crippen molar-refractivity contribution >= 4 is 48.0 Å². The molecule has 1 N–H and O–H groups in total. The van der Waals surface area contributed by atoms with Crippen LogP contribution in [0.5, 0.6) is 0 Å². The Morgan fingerprint density at radius 3 is 1.67 bits per heavy atom. The minimum Gasteiger partial charge on any atom is -1.00 e. The normalized spacial score (nSPS) is 15.1. The van der Waals surface area contributed by atoms with E-state index in [-0.39, 0.29) is 89.5 Å². The Morgan fingerprint density at radius 2 is 1.28 bits per heavy atom. The SMILES string of the molecule is C1CCOC1.CCOC(=O)C(C#N)CCC(=N[S@](=O)C(C)(C)C)c1ccc(F)cc1.CCOC(=O)C(C#N)CC[C@@H](N[S@](=O)C(C)(C)C)c1ccc(F)cc1.[B].[H-].[Na+]. The van der Waals surface area contributed by atoms with Crippen molar-refractivity contribution in [2.75, 3.05) is 26.4 Å². The molecular formula is C40H57BF2N4NaO7S2. The van der Waals surface area contributed by atoms with Gasteiger partial charge in [0.1, 0.15) is 34.5 Å². The van der Waals surface area contributed by atoms with Gasteiger partial charge in [0.05, 0.1) is 51.5 Å². The van der Waals surface area contributed by atoms with Crippen LogP contribution in [0.4, 0.5) is 8.78 Å². The fourth-order valence-electron chi connectivity index (χ4n) is 4.50. The molecule has 3 rings (SSSR count). The number of hydrogen-bond acceptors (Lipinski definition) is 9. The molecule has 2 unspecified atom stereocenters. The second-order valence-electron chi connectivity index (χ2n) is 14.3. The van der Waals surface area contributed by atoms with E-state index in [9.17, 15) is 32.0 Å². The van der Waals surface area contributed by atoms with Crippen LogP contribution in [-0.2, 0) is 45.8 Å². The van der Waals surface area contributed by atoms with Gasteiger partial charge in [-0.2, -0.15) is 14.9 Å². The van der Waals surface area contributed by atoms with Crippen molar-refractivity contribution in [3.05, 3.63) is 71.3 Å². The predicted molar refractivity (Wildman–Crippen MR) is 218 cm³/mol. The monoisotopic (exact) mass is 841 g/mol. The summed E-state index contributed by atoms with van der Waals surface area (Å²) in [5.74, 6) is -3.69. The van der Waals surface area contributed by atoms with E-state index in [1.807, 2.05) is 32.9 Å². The van der Waals surface area contributed by atoms with Crippen molar-refractivity contribution in [1.29, 1.82) is 10.5 Å². The number of benzene rings is 2. The molecule has 57 heavy (non-hydrogen) atoms. The van der Waals surface area contributed by atoms with E-state index in [1.165, 1.54) is 37.1 Å². The summed E-state index contributed by atoms with van der Waals surface area (Å²) in [7, 11) is -2.86. The molecule has 11 nitrogen and oxygen atoms in total. The van der Waals surface area contributed by atoms with Gasteiger partial charge >= 0.3 is 41.5 Å². The molecule has 1 saturated heterocycles. The second-order valence-corrected chi connectivity index (χ2v) is 18.2. The first kappa shape index (κ1) is 56.3. The Balaban J connectivity index is -0.000000885. The maximum atomic E-state index is 13.2. The first-order valence-corrected chi connectivity index (χ1v) is 20.5. The van der Waals surface area contributed by atoms with Gasteiger partial charge in [0.15, 0.2) is 0 Å². The molecular weight excluding hydrogens is 784 g/mol. The van der Waals surface area contributed by atoms with Gasteiger partial charge in [-0.05, 0) is 129 Å². The van der Waals surface area contributed by atoms with Crippen LogP contribution in [0.1, 0.15) is 113 Å². The first-order chi connectivity index (χ1) is 25.9. The van der Waals surface area contributed by atoms with Gasteiger partial charge in [0.25, 0.3) is 0 Å². The van der Waals surface area contributed by atoms with E-state index in [2.05, 4.69) is 9.12 Å². The largest absolute Gasteiger partial charge is 1.00 e. The van der Waals surface area contributed by atoms with Crippen LogP contribution in [0.25, 0.3) is 0 Å². The molecule has 0 bridgehead atoms. The molecule has 5 atom stereocenters. The maximum Gasteiger partial charge on any atom is 1.00 e. The topological polar surface area (TPSA) is 168 Å². The molecule has 0 aromatic heterocycles. The van der Waals surface area contributed by atoms with Gasteiger partial charge in [0, 0.05) is 27.7 Å². The van der Waals surface area contributed by atoms with Gasteiger partial charge in [-0.15, -0.1) is 0 Å². The number of carbonyl (C=O) groups excluding carboxylic acids is 2. The number of rotatable bonds is 15. The van der Waals surface area contributed by atoms with E-state index in [0.29, 0.717) is 17.7 Å². The molecule has 1 aliphatic rings. The van der Waals surface area contributed by atoms with Crippen LogP contribution in [0.2, 0.25) is 0 Å². The molecule has 1 heterocycles. The van der Waals surface area contributed by atoms with Gasteiger partial charge in [-0.3, -0.25) is 9.59 Å². The van der Waals surface area contributed by atoms with Gasteiger partial charge in [0.2, 0.25) is 0 Å². The van der Waals surface area contributed by atoms with Crippen molar-refractivity contribution in [2.24, 2.45) is 16.2 Å². The maximum absolute atomic E-state index is 13.2. The number of nitriles is 2. The number of hydrogen-bond donors (Lipinski definition) is 1. The van der Waals surface area contributed by atoms with Crippen LogP contribution in [-0.4, -0.2) is 70.4 Å². The minimum atomic E-state index is -1.51. The van der Waals surface area contributed by atoms with Crippen LogP contribution in [0.3, 0.4) is 0 Å². The summed E-state index contributed by atoms with van der Waals surface area (Å²) < 4.78 is 72.1. The number of nitrogens with zero attached hydrogens (tertiary/aromatic N) is 3. The molecule has 309 valence electrons. The van der Waals surface area contributed by atoms with E-state index in [4.69, 9.17) is 19.5 Å². The number of carbonyl (C=O) groups is 2. The van der Waals surface area contributed by atoms with E-state index in [1.54, 1.807) is 58.9 Å². The van der Waals surface area contributed by atoms with Gasteiger partial charge < -0.3 is 15.6 Å². The van der Waals surface area contributed by atoms with Crippen molar-refractivity contribution in [3.63, 3.8) is 0 Å². The van der Waals surface area contributed by atoms with Crippen LogP contribution in [0.15, 0.2) is 52.9 Å². The molecule has 0 saturated carbocycles. The average Bonchev–Trinajstić information content (AvgIpc) is 3.72. The summed E-state index contributed by atoms with van der Waals surface area (Å²) >= 11 is 0. The summed E-state index contributed by atoms with van der Waals surface area (Å²) in [6.45, 7) is 16.7. The van der Waals surface area contributed by atoms with E-state index < -0.39 is 55.2 Å². The fraction of sp³-hybridized carbons (Fsp3) is 0.575. The van der Waals surface area contributed by atoms with E-state index >= 15 is 0 Å². The third kappa shape index (κ3) is 22.8. The zero-order valence-corrected chi connectivity index (χ0v) is 38.4. The third-order valence-electron chi connectivity index (χ3n) is 7.67. The van der Waals surface area contributed by atoms with Crippen molar-refractivity contribution in [1.82, 2.24) is 4.72 Å². The Hall–Kier alpha value is -2.83. The number of esters is 2. The molecule has 17 heteroatoms. The van der Waals surface area contributed by atoms with Gasteiger partial charge in [-0.25, -0.2) is 21.9 Å². The Morgan fingerprint density at radius 1 is 0.825 bits per heavy atom. The van der Waals surface area contributed by atoms with Crippen LogP contribution < -0.4 is 34.3 Å². The zero-order chi connectivity index (χ0) is 41.6. The molecule has 0 aliphatic carbocycles. The molecule has 2 aromatic carbocycles. The van der Waals surface area contributed by atoms with Gasteiger partial charge in [-0.1, -0.05) is 24.3 Å². The molecule has 3 radical (unpaired) electrons. The molecule has 1 fully saturated rings. The number of halogens is 2. The summed E-state index contributed by atoms with van der Waals surface area (Å²) in [5, 5.41) is 18.3. The van der Waals surface area contributed by atoms with Crippen LogP contribution in [0, 0.1) is 46.1 Å². The molecule has 1 aliphatic heterocycles. The van der Waals surface area contributed by atoms with Crippen molar-refractivity contribution < 1.29 is 72.0 Å². The first-order valence-electron chi connectivity index (χ1n) is 18.3. The predicted octanol–water partition coefficient (Wildman–Crippen LogP) is 4.49. The number of ether oxygens (including phenoxy) is 3. The van der Waals surface area contributed by atoms with Crippen molar-refractivity contribution in [2.45, 2.75) is 109 Å². The minimum absolute atomic E-state index is 0. The summed E-state index contributed by atoms with van der Waals surface area (Å²) in [6.07, 6.45) is 3.65. The third-order valence-corrected chi connectivity index (χ3v) is 10.7. The fourth-order valence-corrected chi connectivity index (χ4v) is 6.03. The second kappa shape index (κ2) is 29.4. The summed E-state index contributed by atoms with van der Waals surface area (Å²) in [5.41, 5.74) is 1.83. The molecule has 0 spiro atoms. The number of nitrogens with one attached hydrogen (secondary N) is 1. The smallest absolute Gasteiger partial charge is 1.00 e. The Kier molecular flexibility index (Phi) is 29.0. The summed E-state index contributed by atoms with van der Waals surface area (Å²) in [4.78, 5) is 23.5. The standard InChI is InChI=1S/C18H25FN2O3S.C18H23FN2O3S.C4H8O.B.Na.H/c2*1-5-24-17(22)14(12-20)8-11-16(21-25(23)18(2,3)4)13-6-9-15(19)10-7-13;1-2-4-5-3-1;;;/h6-7,9-10,14,16,21H,5,8,11H2,1-4H3;6-7,9-10,14H,5,8,11H2,1-4H3;1-4H2;;;/q;;;;+1;-1/t14?,16-,25-;14?,25-;;;;/m11..../s1. The Bertz CT molecular complexity index is 1660.